The molecule has 0 aromatic rings. The Hall–Kier alpha value is -0.530. The van der Waals surface area contributed by atoms with Gasteiger partial charge in [-0.05, 0) is 12.3 Å². The SMILES string of the molecule is C.CC(CC1CCCCC1)C(=O)O. The van der Waals surface area contributed by atoms with Gasteiger partial charge in [0.1, 0.15) is 0 Å². The number of carbonyl (C=O) groups is 1. The van der Waals surface area contributed by atoms with Gasteiger partial charge in [-0.25, -0.2) is 0 Å². The summed E-state index contributed by atoms with van der Waals surface area (Å²) in [6.45, 7) is 1.82. The molecule has 0 amide bonds. The Morgan fingerprint density at radius 2 is 1.92 bits per heavy atom. The molecule has 0 aliphatic heterocycles. The van der Waals surface area contributed by atoms with Crippen molar-refractivity contribution < 1.29 is 9.90 Å². The summed E-state index contributed by atoms with van der Waals surface area (Å²) in [6, 6.07) is 0. The van der Waals surface area contributed by atoms with Crippen LogP contribution in [0.5, 0.6) is 0 Å². The topological polar surface area (TPSA) is 37.3 Å². The Kier molecular flexibility index (Phi) is 5.76. The third kappa shape index (κ3) is 4.30. The minimum atomic E-state index is -0.638. The van der Waals surface area contributed by atoms with Crippen LogP contribution in [-0.2, 0) is 4.79 Å². The van der Waals surface area contributed by atoms with Gasteiger partial charge >= 0.3 is 5.97 Å². The number of hydrogen-bond donors (Lipinski definition) is 1. The molecule has 2 nitrogen and oxygen atoms in total. The zero-order valence-corrected chi connectivity index (χ0v) is 7.75. The normalized spacial score (nSPS) is 20.4. The van der Waals surface area contributed by atoms with Crippen molar-refractivity contribution in [3.8, 4) is 0 Å². The molecule has 0 radical (unpaired) electrons. The third-order valence-corrected chi connectivity index (χ3v) is 2.83. The molecule has 78 valence electrons. The standard InChI is InChI=1S/C10H18O2.CH4/c1-8(10(11)12)7-9-5-3-2-4-6-9;/h8-9H,2-7H2,1H3,(H,11,12);1H4. The van der Waals surface area contributed by atoms with Crippen LogP contribution in [0.3, 0.4) is 0 Å². The van der Waals surface area contributed by atoms with Gasteiger partial charge in [-0.15, -0.1) is 0 Å². The molecule has 1 rings (SSSR count). The van der Waals surface area contributed by atoms with Crippen molar-refractivity contribution >= 4 is 5.97 Å². The molecular formula is C11H22O2. The Morgan fingerprint density at radius 1 is 1.38 bits per heavy atom. The van der Waals surface area contributed by atoms with Gasteiger partial charge < -0.3 is 5.11 Å². The second-order valence-electron chi connectivity index (χ2n) is 3.98. The highest BCUT2D eigenvalue weighted by Crippen LogP contribution is 2.28. The largest absolute Gasteiger partial charge is 0.481 e. The molecular weight excluding hydrogens is 164 g/mol. The maximum atomic E-state index is 10.6. The second-order valence-corrected chi connectivity index (χ2v) is 3.98. The zero-order chi connectivity index (χ0) is 8.97. The van der Waals surface area contributed by atoms with Crippen molar-refractivity contribution in [2.75, 3.05) is 0 Å². The Bertz CT molecular complexity index is 148. The van der Waals surface area contributed by atoms with Gasteiger partial charge in [-0.2, -0.15) is 0 Å². The molecule has 1 aliphatic rings. The van der Waals surface area contributed by atoms with Gasteiger partial charge in [0.2, 0.25) is 0 Å². The van der Waals surface area contributed by atoms with Crippen LogP contribution in [0, 0.1) is 11.8 Å². The lowest BCUT2D eigenvalue weighted by Crippen LogP contribution is -2.16. The second kappa shape index (κ2) is 6.01. The molecule has 0 bridgehead atoms. The van der Waals surface area contributed by atoms with Crippen LogP contribution in [0.2, 0.25) is 0 Å². The first-order valence-electron chi connectivity index (χ1n) is 4.93. The molecule has 0 spiro atoms. The number of carboxylic acids is 1. The summed E-state index contributed by atoms with van der Waals surface area (Å²) >= 11 is 0. The highest BCUT2D eigenvalue weighted by molar-refractivity contribution is 5.69. The van der Waals surface area contributed by atoms with E-state index >= 15 is 0 Å². The van der Waals surface area contributed by atoms with E-state index in [9.17, 15) is 4.79 Å². The summed E-state index contributed by atoms with van der Waals surface area (Å²) in [7, 11) is 0. The minimum absolute atomic E-state index is 0. The molecule has 0 heterocycles. The molecule has 0 aromatic carbocycles. The van der Waals surface area contributed by atoms with Crippen molar-refractivity contribution in [1.29, 1.82) is 0 Å². The lowest BCUT2D eigenvalue weighted by atomic mass is 9.83. The van der Waals surface area contributed by atoms with E-state index in [1.54, 1.807) is 0 Å². The monoisotopic (exact) mass is 186 g/mol. The smallest absolute Gasteiger partial charge is 0.306 e. The first kappa shape index (κ1) is 12.5. The van der Waals surface area contributed by atoms with Crippen molar-refractivity contribution in [2.45, 2.75) is 52.9 Å². The summed E-state index contributed by atoms with van der Waals surface area (Å²) in [4.78, 5) is 10.6. The molecule has 2 heteroatoms. The van der Waals surface area contributed by atoms with E-state index < -0.39 is 5.97 Å². The van der Waals surface area contributed by atoms with E-state index in [2.05, 4.69) is 0 Å². The van der Waals surface area contributed by atoms with Crippen molar-refractivity contribution in [2.24, 2.45) is 11.8 Å². The first-order valence-corrected chi connectivity index (χ1v) is 4.93. The first-order chi connectivity index (χ1) is 5.70. The van der Waals surface area contributed by atoms with E-state index in [0.29, 0.717) is 5.92 Å². The van der Waals surface area contributed by atoms with Crippen LogP contribution in [0.1, 0.15) is 52.9 Å². The van der Waals surface area contributed by atoms with Crippen LogP contribution in [0.4, 0.5) is 0 Å². The minimum Gasteiger partial charge on any atom is -0.481 e. The van der Waals surface area contributed by atoms with Crippen LogP contribution < -0.4 is 0 Å². The van der Waals surface area contributed by atoms with Gasteiger partial charge in [-0.3, -0.25) is 4.79 Å². The molecule has 1 fully saturated rings. The molecule has 1 unspecified atom stereocenters. The average Bonchev–Trinajstić information content (AvgIpc) is 2.06. The average molecular weight is 186 g/mol. The van der Waals surface area contributed by atoms with Gasteiger partial charge in [-0.1, -0.05) is 46.5 Å². The van der Waals surface area contributed by atoms with Gasteiger partial charge in [0.25, 0.3) is 0 Å². The van der Waals surface area contributed by atoms with Crippen molar-refractivity contribution in [3.05, 3.63) is 0 Å². The van der Waals surface area contributed by atoms with Crippen LogP contribution in [-0.4, -0.2) is 11.1 Å². The van der Waals surface area contributed by atoms with Crippen LogP contribution in [0.15, 0.2) is 0 Å². The summed E-state index contributed by atoms with van der Waals surface area (Å²) in [5.41, 5.74) is 0. The molecule has 1 atom stereocenters. The fraction of sp³-hybridized carbons (Fsp3) is 0.909. The lowest BCUT2D eigenvalue weighted by Gasteiger charge is -2.22. The lowest BCUT2D eigenvalue weighted by molar-refractivity contribution is -0.141. The Labute approximate surface area is 81.3 Å². The molecule has 13 heavy (non-hydrogen) atoms. The van der Waals surface area contributed by atoms with Gasteiger partial charge in [0, 0.05) is 0 Å². The highest BCUT2D eigenvalue weighted by Gasteiger charge is 2.19. The van der Waals surface area contributed by atoms with Gasteiger partial charge in [0.15, 0.2) is 0 Å². The summed E-state index contributed by atoms with van der Waals surface area (Å²) in [6.07, 6.45) is 7.33. The van der Waals surface area contributed by atoms with Crippen LogP contribution >= 0.6 is 0 Å². The Morgan fingerprint density at radius 3 is 2.38 bits per heavy atom. The summed E-state index contributed by atoms with van der Waals surface area (Å²) in [5.74, 6) is -0.0986. The summed E-state index contributed by atoms with van der Waals surface area (Å²) in [5, 5.41) is 8.71. The van der Waals surface area contributed by atoms with Crippen molar-refractivity contribution in [3.63, 3.8) is 0 Å². The van der Waals surface area contributed by atoms with E-state index in [0.717, 1.165) is 6.42 Å². The third-order valence-electron chi connectivity index (χ3n) is 2.83. The predicted molar refractivity (Wildman–Crippen MR) is 54.7 cm³/mol. The highest BCUT2D eigenvalue weighted by atomic mass is 16.4. The predicted octanol–water partition coefficient (Wildman–Crippen LogP) is 3.31. The number of carboxylic acid groups (broad SMARTS) is 1. The molecule has 0 saturated heterocycles. The summed E-state index contributed by atoms with van der Waals surface area (Å²) < 4.78 is 0. The van der Waals surface area contributed by atoms with E-state index in [1.165, 1.54) is 32.1 Å². The van der Waals surface area contributed by atoms with Crippen LogP contribution in [0.25, 0.3) is 0 Å². The number of rotatable bonds is 3. The fourth-order valence-corrected chi connectivity index (χ4v) is 2.02. The van der Waals surface area contributed by atoms with E-state index in [4.69, 9.17) is 5.11 Å². The van der Waals surface area contributed by atoms with Crippen molar-refractivity contribution in [1.82, 2.24) is 0 Å². The zero-order valence-electron chi connectivity index (χ0n) is 7.75. The van der Waals surface area contributed by atoms with Gasteiger partial charge in [0.05, 0.1) is 5.92 Å². The van der Waals surface area contributed by atoms with E-state index in [-0.39, 0.29) is 13.3 Å². The van der Waals surface area contributed by atoms with E-state index in [1.807, 2.05) is 6.92 Å². The molecule has 1 N–H and O–H groups in total. The molecule has 1 aliphatic carbocycles. The fourth-order valence-electron chi connectivity index (χ4n) is 2.02. The number of aliphatic carboxylic acids is 1. The number of hydrogen-bond acceptors (Lipinski definition) is 1. The Balaban J connectivity index is 0.00000144. The maximum absolute atomic E-state index is 10.6. The molecule has 1 saturated carbocycles. The molecule has 0 aromatic heterocycles. The quantitative estimate of drug-likeness (QED) is 0.734. The maximum Gasteiger partial charge on any atom is 0.306 e.